The fraction of sp³-hybridized carbons (Fsp3) is 0.750. The highest BCUT2D eigenvalue weighted by atomic mass is 32.1. The molecule has 1 aromatic heterocycles. The number of H-pyrrole nitrogens is 1. The molecular formula is C12H21N3OS. The van der Waals surface area contributed by atoms with Crippen molar-refractivity contribution in [3.05, 3.63) is 20.7 Å². The van der Waals surface area contributed by atoms with Crippen LogP contribution in [0.3, 0.4) is 0 Å². The minimum absolute atomic E-state index is 0.0348. The van der Waals surface area contributed by atoms with Gasteiger partial charge in [0, 0.05) is 30.7 Å². The predicted octanol–water partition coefficient (Wildman–Crippen LogP) is 1.31. The lowest BCUT2D eigenvalue weighted by Gasteiger charge is -2.28. The third-order valence-electron chi connectivity index (χ3n) is 3.50. The molecule has 0 aromatic carbocycles. The molecule has 2 rings (SSSR count). The number of hydrogen-bond acceptors (Lipinski definition) is 4. The maximum Gasteiger partial charge on any atom is 0.304 e. The molecule has 1 aromatic rings. The van der Waals surface area contributed by atoms with Crippen molar-refractivity contribution in [2.45, 2.75) is 32.7 Å². The van der Waals surface area contributed by atoms with Gasteiger partial charge in [-0.1, -0.05) is 24.7 Å². The summed E-state index contributed by atoms with van der Waals surface area (Å²) in [5.41, 5.74) is 1.42. The van der Waals surface area contributed by atoms with Crippen LogP contribution < -0.4 is 15.5 Å². The van der Waals surface area contributed by atoms with Crippen LogP contribution in [0.15, 0.2) is 10.2 Å². The Hall–Kier alpha value is -0.650. The minimum Gasteiger partial charge on any atom is -0.316 e. The summed E-state index contributed by atoms with van der Waals surface area (Å²) in [5, 5.41) is 8.83. The summed E-state index contributed by atoms with van der Waals surface area (Å²) in [7, 11) is 0. The zero-order valence-corrected chi connectivity index (χ0v) is 11.2. The molecule has 96 valence electrons. The fourth-order valence-corrected chi connectivity index (χ4v) is 3.22. The van der Waals surface area contributed by atoms with Gasteiger partial charge >= 0.3 is 4.87 Å². The van der Waals surface area contributed by atoms with E-state index in [0.717, 1.165) is 31.9 Å². The number of rotatable bonds is 6. The normalized spacial score (nSPS) is 24.3. The molecule has 5 heteroatoms. The predicted molar refractivity (Wildman–Crippen MR) is 71.5 cm³/mol. The Labute approximate surface area is 106 Å². The number of thiazole rings is 1. The van der Waals surface area contributed by atoms with Crippen LogP contribution in [-0.4, -0.2) is 24.6 Å². The van der Waals surface area contributed by atoms with Crippen LogP contribution in [0.4, 0.5) is 0 Å². The summed E-state index contributed by atoms with van der Waals surface area (Å²) in [6.45, 7) is 6.30. The van der Waals surface area contributed by atoms with Gasteiger partial charge in [-0.15, -0.1) is 0 Å². The van der Waals surface area contributed by atoms with Crippen LogP contribution in [0, 0.1) is 5.41 Å². The molecule has 1 atom stereocenters. The van der Waals surface area contributed by atoms with Crippen LogP contribution in [0.25, 0.3) is 0 Å². The number of hydrogen-bond donors (Lipinski definition) is 3. The van der Waals surface area contributed by atoms with Crippen molar-refractivity contribution in [3.8, 4) is 0 Å². The highest BCUT2D eigenvalue weighted by Gasteiger charge is 2.32. The van der Waals surface area contributed by atoms with Crippen LogP contribution in [0.5, 0.6) is 0 Å². The Morgan fingerprint density at radius 1 is 1.59 bits per heavy atom. The molecule has 0 bridgehead atoms. The fourth-order valence-electron chi connectivity index (χ4n) is 2.64. The van der Waals surface area contributed by atoms with Crippen molar-refractivity contribution in [3.63, 3.8) is 0 Å². The third kappa shape index (κ3) is 3.40. The van der Waals surface area contributed by atoms with Gasteiger partial charge in [-0.3, -0.25) is 4.79 Å². The largest absolute Gasteiger partial charge is 0.316 e. The summed E-state index contributed by atoms with van der Waals surface area (Å²) in [4.78, 5) is 13.9. The second-order valence-electron chi connectivity index (χ2n) is 4.95. The molecule has 1 saturated heterocycles. The van der Waals surface area contributed by atoms with Gasteiger partial charge in [0.2, 0.25) is 0 Å². The monoisotopic (exact) mass is 255 g/mol. The van der Waals surface area contributed by atoms with Gasteiger partial charge in [0.25, 0.3) is 0 Å². The van der Waals surface area contributed by atoms with E-state index in [9.17, 15) is 4.79 Å². The zero-order valence-electron chi connectivity index (χ0n) is 10.3. The maximum absolute atomic E-state index is 11.0. The Kier molecular flexibility index (Phi) is 4.36. The lowest BCUT2D eigenvalue weighted by Crippen LogP contribution is -2.36. The smallest absolute Gasteiger partial charge is 0.304 e. The van der Waals surface area contributed by atoms with E-state index in [4.69, 9.17) is 0 Å². The van der Waals surface area contributed by atoms with Gasteiger partial charge < -0.3 is 15.6 Å². The van der Waals surface area contributed by atoms with Crippen LogP contribution in [0.2, 0.25) is 0 Å². The molecule has 1 aliphatic heterocycles. The van der Waals surface area contributed by atoms with Gasteiger partial charge in [0.05, 0.1) is 0 Å². The van der Waals surface area contributed by atoms with Crippen molar-refractivity contribution in [2.75, 3.05) is 19.6 Å². The standard InChI is InChI=1S/C12H21N3OS/c1-2-3-12(4-5-13-8-12)9-14-6-10-7-17-11(16)15-10/h7,13-14H,2-6,8-9H2,1H3,(H,15,16). The van der Waals surface area contributed by atoms with E-state index < -0.39 is 0 Å². The number of nitrogens with one attached hydrogen (secondary N) is 3. The number of aromatic amines is 1. The molecule has 1 aliphatic rings. The first-order valence-corrected chi connectivity index (χ1v) is 7.20. The average Bonchev–Trinajstić information content (AvgIpc) is 2.90. The lowest BCUT2D eigenvalue weighted by atomic mass is 9.82. The summed E-state index contributed by atoms with van der Waals surface area (Å²) >= 11 is 1.23. The van der Waals surface area contributed by atoms with Crippen molar-refractivity contribution in [1.29, 1.82) is 0 Å². The lowest BCUT2D eigenvalue weighted by molar-refractivity contribution is 0.275. The van der Waals surface area contributed by atoms with Crippen molar-refractivity contribution < 1.29 is 0 Å². The first kappa shape index (κ1) is 12.8. The molecule has 0 aliphatic carbocycles. The second kappa shape index (κ2) is 5.80. The van der Waals surface area contributed by atoms with Crippen molar-refractivity contribution in [2.24, 2.45) is 5.41 Å². The van der Waals surface area contributed by atoms with Crippen LogP contribution >= 0.6 is 11.3 Å². The zero-order chi connectivity index (χ0) is 12.1. The van der Waals surface area contributed by atoms with E-state index in [1.54, 1.807) is 0 Å². The second-order valence-corrected chi connectivity index (χ2v) is 5.80. The Balaban J connectivity index is 1.81. The van der Waals surface area contributed by atoms with E-state index >= 15 is 0 Å². The van der Waals surface area contributed by atoms with E-state index in [0.29, 0.717) is 5.41 Å². The van der Waals surface area contributed by atoms with Gasteiger partial charge in [-0.25, -0.2) is 0 Å². The molecule has 1 unspecified atom stereocenters. The SMILES string of the molecule is CCCC1(CNCc2csc(=O)[nH]2)CCNC1. The van der Waals surface area contributed by atoms with Gasteiger partial charge in [0.15, 0.2) is 0 Å². The van der Waals surface area contributed by atoms with E-state index in [1.165, 1.54) is 30.6 Å². The molecule has 1 fully saturated rings. The van der Waals surface area contributed by atoms with Crippen molar-refractivity contribution in [1.82, 2.24) is 15.6 Å². The molecular weight excluding hydrogens is 234 g/mol. The van der Waals surface area contributed by atoms with Gasteiger partial charge in [0.1, 0.15) is 0 Å². The summed E-state index contributed by atoms with van der Waals surface area (Å²) in [6.07, 6.45) is 3.76. The summed E-state index contributed by atoms with van der Waals surface area (Å²) in [6, 6.07) is 0. The summed E-state index contributed by atoms with van der Waals surface area (Å²) in [5.74, 6) is 0. The molecule has 17 heavy (non-hydrogen) atoms. The molecule has 4 nitrogen and oxygen atoms in total. The Morgan fingerprint density at radius 2 is 2.47 bits per heavy atom. The third-order valence-corrected chi connectivity index (χ3v) is 4.22. The summed E-state index contributed by atoms with van der Waals surface area (Å²) < 4.78 is 0. The van der Waals surface area contributed by atoms with E-state index in [2.05, 4.69) is 22.5 Å². The quantitative estimate of drug-likeness (QED) is 0.718. The molecule has 0 radical (unpaired) electrons. The average molecular weight is 255 g/mol. The van der Waals surface area contributed by atoms with E-state index in [-0.39, 0.29) is 4.87 Å². The Bertz CT molecular complexity index is 392. The van der Waals surface area contributed by atoms with Crippen LogP contribution in [-0.2, 0) is 6.54 Å². The van der Waals surface area contributed by atoms with Crippen LogP contribution in [0.1, 0.15) is 31.9 Å². The van der Waals surface area contributed by atoms with E-state index in [1.807, 2.05) is 5.38 Å². The highest BCUT2D eigenvalue weighted by Crippen LogP contribution is 2.30. The molecule has 0 spiro atoms. The maximum atomic E-state index is 11.0. The number of aromatic nitrogens is 1. The molecule has 3 N–H and O–H groups in total. The molecule has 0 saturated carbocycles. The molecule has 0 amide bonds. The minimum atomic E-state index is 0.0348. The molecule has 2 heterocycles. The first-order valence-electron chi connectivity index (χ1n) is 6.32. The van der Waals surface area contributed by atoms with Gasteiger partial charge in [-0.05, 0) is 24.8 Å². The highest BCUT2D eigenvalue weighted by molar-refractivity contribution is 7.07. The van der Waals surface area contributed by atoms with Crippen molar-refractivity contribution >= 4 is 11.3 Å². The topological polar surface area (TPSA) is 56.9 Å². The van der Waals surface area contributed by atoms with Gasteiger partial charge in [-0.2, -0.15) is 0 Å². The Morgan fingerprint density at radius 3 is 3.06 bits per heavy atom. The first-order chi connectivity index (χ1) is 8.24.